The lowest BCUT2D eigenvalue weighted by Gasteiger charge is -2.27. The minimum Gasteiger partial charge on any atom is -0.395 e. The minimum atomic E-state index is -2.58. The summed E-state index contributed by atoms with van der Waals surface area (Å²) in [7, 11) is 0. The van der Waals surface area contributed by atoms with Crippen molar-refractivity contribution in [2.24, 2.45) is 0 Å². The summed E-state index contributed by atoms with van der Waals surface area (Å²) in [6.45, 7) is 2.07. The summed E-state index contributed by atoms with van der Waals surface area (Å²) in [5.41, 5.74) is 0.858. The number of aliphatic hydroxyl groups excluding tert-OH is 2. The average Bonchev–Trinajstić information content (AvgIpc) is 2.30. The van der Waals surface area contributed by atoms with Crippen molar-refractivity contribution < 1.29 is 23.4 Å². The first-order valence-corrected chi connectivity index (χ1v) is 5.98. The molecule has 0 spiro atoms. The van der Waals surface area contributed by atoms with Crippen LogP contribution in [0.3, 0.4) is 0 Å². The van der Waals surface area contributed by atoms with Crippen LogP contribution in [-0.2, 0) is 0 Å². The zero-order valence-electron chi connectivity index (χ0n) is 10.9. The van der Waals surface area contributed by atoms with E-state index in [-0.39, 0.29) is 18.7 Å². The van der Waals surface area contributed by atoms with Crippen LogP contribution in [-0.4, -0.2) is 36.3 Å². The molecule has 1 rings (SSSR count). The lowest BCUT2D eigenvalue weighted by atomic mass is 10.0. The first-order chi connectivity index (χ1) is 8.86. The van der Waals surface area contributed by atoms with E-state index in [1.165, 1.54) is 24.8 Å². The topological polar surface area (TPSA) is 43.7 Å². The first-order valence-electron chi connectivity index (χ1n) is 5.98. The third kappa shape index (κ3) is 4.11. The van der Waals surface area contributed by atoms with Gasteiger partial charge in [0.25, 0.3) is 6.43 Å². The van der Waals surface area contributed by atoms with Gasteiger partial charge in [0.1, 0.15) is 5.82 Å². The van der Waals surface area contributed by atoms with Gasteiger partial charge < -0.3 is 15.1 Å². The van der Waals surface area contributed by atoms with E-state index in [4.69, 9.17) is 5.11 Å². The lowest BCUT2D eigenvalue weighted by Crippen LogP contribution is -2.32. The summed E-state index contributed by atoms with van der Waals surface area (Å²) in [6, 6.07) is 2.56. The highest BCUT2D eigenvalue weighted by Gasteiger charge is 2.19. The zero-order valence-corrected chi connectivity index (χ0v) is 10.9. The summed E-state index contributed by atoms with van der Waals surface area (Å²) in [4.78, 5) is 1.25. The molecule has 108 valence electrons. The molecular weight excluding hydrogens is 259 g/mol. The number of anilines is 1. The van der Waals surface area contributed by atoms with Gasteiger partial charge in [-0.2, -0.15) is 0 Å². The summed E-state index contributed by atoms with van der Waals surface area (Å²) in [5.74, 6) is -0.499. The SMILES string of the molecule is Cc1cc(N(CCO)CC(F)F)c(C(C)O)cc1F. The van der Waals surface area contributed by atoms with Gasteiger partial charge in [0.15, 0.2) is 0 Å². The Morgan fingerprint density at radius 2 is 1.95 bits per heavy atom. The third-order valence-corrected chi connectivity index (χ3v) is 2.83. The predicted molar refractivity (Wildman–Crippen MR) is 67.1 cm³/mol. The Morgan fingerprint density at radius 1 is 1.32 bits per heavy atom. The van der Waals surface area contributed by atoms with Gasteiger partial charge in [-0.05, 0) is 31.5 Å². The number of aryl methyl sites for hydroxylation is 1. The molecule has 0 fully saturated rings. The molecule has 0 aliphatic rings. The molecule has 0 aliphatic carbocycles. The molecule has 0 saturated heterocycles. The maximum atomic E-state index is 13.5. The molecule has 1 atom stereocenters. The second-order valence-electron chi connectivity index (χ2n) is 4.40. The van der Waals surface area contributed by atoms with Crippen molar-refractivity contribution in [3.8, 4) is 0 Å². The van der Waals surface area contributed by atoms with E-state index in [0.717, 1.165) is 6.07 Å². The van der Waals surface area contributed by atoms with Gasteiger partial charge in [0.2, 0.25) is 0 Å². The van der Waals surface area contributed by atoms with Crippen LogP contribution in [0.25, 0.3) is 0 Å². The van der Waals surface area contributed by atoms with Crippen LogP contribution in [0.15, 0.2) is 12.1 Å². The zero-order chi connectivity index (χ0) is 14.6. The Bertz CT molecular complexity index is 425. The molecule has 0 bridgehead atoms. The fourth-order valence-electron chi connectivity index (χ4n) is 1.89. The number of hydrogen-bond acceptors (Lipinski definition) is 3. The Labute approximate surface area is 110 Å². The van der Waals surface area contributed by atoms with Gasteiger partial charge in [0, 0.05) is 17.8 Å². The highest BCUT2D eigenvalue weighted by Crippen LogP contribution is 2.29. The van der Waals surface area contributed by atoms with Crippen molar-refractivity contribution in [2.75, 3.05) is 24.6 Å². The molecule has 0 heterocycles. The first kappa shape index (κ1) is 15.8. The van der Waals surface area contributed by atoms with E-state index in [0.29, 0.717) is 11.3 Å². The number of benzene rings is 1. The van der Waals surface area contributed by atoms with Gasteiger partial charge >= 0.3 is 0 Å². The Morgan fingerprint density at radius 3 is 2.42 bits per heavy atom. The fourth-order valence-corrected chi connectivity index (χ4v) is 1.89. The molecule has 1 unspecified atom stereocenters. The highest BCUT2D eigenvalue weighted by atomic mass is 19.3. The third-order valence-electron chi connectivity index (χ3n) is 2.83. The molecule has 0 saturated carbocycles. The van der Waals surface area contributed by atoms with E-state index < -0.39 is 24.9 Å². The Kier molecular flexibility index (Phi) is 5.62. The maximum absolute atomic E-state index is 13.5. The molecule has 1 aromatic carbocycles. The molecule has 0 amide bonds. The van der Waals surface area contributed by atoms with Gasteiger partial charge in [-0.3, -0.25) is 0 Å². The van der Waals surface area contributed by atoms with Crippen LogP contribution < -0.4 is 4.90 Å². The largest absolute Gasteiger partial charge is 0.395 e. The second kappa shape index (κ2) is 6.77. The van der Waals surface area contributed by atoms with Crippen LogP contribution in [0.2, 0.25) is 0 Å². The molecule has 19 heavy (non-hydrogen) atoms. The van der Waals surface area contributed by atoms with Gasteiger partial charge in [-0.1, -0.05) is 0 Å². The second-order valence-corrected chi connectivity index (χ2v) is 4.40. The van der Waals surface area contributed by atoms with E-state index in [1.807, 2.05) is 0 Å². The van der Waals surface area contributed by atoms with E-state index in [2.05, 4.69) is 0 Å². The van der Waals surface area contributed by atoms with Crippen molar-refractivity contribution in [2.45, 2.75) is 26.4 Å². The van der Waals surface area contributed by atoms with Crippen LogP contribution in [0.1, 0.15) is 24.2 Å². The van der Waals surface area contributed by atoms with Crippen molar-refractivity contribution in [3.05, 3.63) is 29.1 Å². The summed E-state index contributed by atoms with van der Waals surface area (Å²) < 4.78 is 38.6. The van der Waals surface area contributed by atoms with Crippen molar-refractivity contribution in [1.29, 1.82) is 0 Å². The summed E-state index contributed by atoms with van der Waals surface area (Å²) in [6.07, 6.45) is -3.57. The average molecular weight is 277 g/mol. The monoisotopic (exact) mass is 277 g/mol. The fraction of sp³-hybridized carbons (Fsp3) is 0.538. The van der Waals surface area contributed by atoms with Gasteiger partial charge in [0.05, 0.1) is 19.3 Å². The maximum Gasteiger partial charge on any atom is 0.255 e. The quantitative estimate of drug-likeness (QED) is 0.838. The van der Waals surface area contributed by atoms with Crippen molar-refractivity contribution >= 4 is 5.69 Å². The lowest BCUT2D eigenvalue weighted by molar-refractivity contribution is 0.152. The number of alkyl halides is 2. The smallest absolute Gasteiger partial charge is 0.255 e. The number of aliphatic hydroxyl groups is 2. The van der Waals surface area contributed by atoms with Crippen LogP contribution >= 0.6 is 0 Å². The molecular formula is C13H18F3NO2. The van der Waals surface area contributed by atoms with Crippen molar-refractivity contribution in [3.63, 3.8) is 0 Å². The Balaban J connectivity index is 3.22. The summed E-state index contributed by atoms with van der Waals surface area (Å²) >= 11 is 0. The van der Waals surface area contributed by atoms with Crippen LogP contribution in [0, 0.1) is 12.7 Å². The number of nitrogens with zero attached hydrogens (tertiary/aromatic N) is 1. The molecule has 6 heteroatoms. The minimum absolute atomic E-state index is 0.00483. The van der Waals surface area contributed by atoms with Crippen molar-refractivity contribution in [1.82, 2.24) is 0 Å². The molecule has 0 aliphatic heterocycles. The van der Waals surface area contributed by atoms with Crippen LogP contribution in [0.5, 0.6) is 0 Å². The van der Waals surface area contributed by atoms with Gasteiger partial charge in [-0.25, -0.2) is 13.2 Å². The van der Waals surface area contributed by atoms with E-state index in [9.17, 15) is 18.3 Å². The van der Waals surface area contributed by atoms with Gasteiger partial charge in [-0.15, -0.1) is 0 Å². The molecule has 2 N–H and O–H groups in total. The molecule has 3 nitrogen and oxygen atoms in total. The Hall–Kier alpha value is -1.27. The van der Waals surface area contributed by atoms with E-state index in [1.54, 1.807) is 0 Å². The highest BCUT2D eigenvalue weighted by molar-refractivity contribution is 5.57. The molecule has 0 aromatic heterocycles. The number of hydrogen-bond donors (Lipinski definition) is 2. The van der Waals surface area contributed by atoms with Crippen LogP contribution in [0.4, 0.5) is 18.9 Å². The number of rotatable bonds is 6. The standard InChI is InChI=1S/C13H18F3NO2/c1-8-5-12(10(9(2)19)6-11(8)14)17(3-4-18)7-13(15)16/h5-6,9,13,18-19H,3-4,7H2,1-2H3. The number of halogens is 3. The van der Waals surface area contributed by atoms with E-state index >= 15 is 0 Å². The predicted octanol–water partition coefficient (Wildman–Crippen LogP) is 2.25. The summed E-state index contributed by atoms with van der Waals surface area (Å²) in [5, 5.41) is 18.6. The normalized spacial score (nSPS) is 12.8. The molecule has 0 radical (unpaired) electrons. The molecule has 1 aromatic rings.